The maximum atomic E-state index is 13.3. The fourth-order valence-corrected chi connectivity index (χ4v) is 6.06. The van der Waals surface area contributed by atoms with E-state index in [1.807, 2.05) is 56.6 Å². The number of nitrogens with one attached hydrogen (secondary N) is 1. The topological polar surface area (TPSA) is 91.8 Å². The van der Waals surface area contributed by atoms with Crippen molar-refractivity contribution in [3.8, 4) is 5.75 Å². The molecule has 2 aliphatic carbocycles. The van der Waals surface area contributed by atoms with Gasteiger partial charge in [-0.3, -0.25) is 14.5 Å². The van der Waals surface area contributed by atoms with E-state index in [2.05, 4.69) is 15.2 Å². The number of rotatable bonds is 8. The monoisotopic (exact) mass is 479 g/mol. The zero-order valence-corrected chi connectivity index (χ0v) is 20.3. The number of aromatic nitrogens is 1. The minimum Gasteiger partial charge on any atom is -0.481 e. The smallest absolute Gasteiger partial charge is 0.304 e. The molecule has 2 aromatic carbocycles. The average Bonchev–Trinajstić information content (AvgIpc) is 3.34. The molecule has 34 heavy (non-hydrogen) atoms. The molecule has 1 fully saturated rings. The van der Waals surface area contributed by atoms with Crippen molar-refractivity contribution in [2.24, 2.45) is 5.41 Å². The highest BCUT2D eigenvalue weighted by molar-refractivity contribution is 7.18. The Morgan fingerprint density at radius 2 is 1.85 bits per heavy atom. The molecule has 0 atom stereocenters. The molecule has 0 unspecified atom stereocenters. The normalized spacial score (nSPS) is 17.9. The van der Waals surface area contributed by atoms with E-state index in [9.17, 15) is 14.7 Å². The fraction of sp³-hybridized carbons (Fsp3) is 0.423. The molecule has 1 amide bonds. The molecular weight excluding hydrogens is 450 g/mol. The van der Waals surface area contributed by atoms with Crippen LogP contribution in [0.1, 0.15) is 41.8 Å². The summed E-state index contributed by atoms with van der Waals surface area (Å²) in [7, 11) is 4.09. The Bertz CT molecular complexity index is 1220. The van der Waals surface area contributed by atoms with Crippen LogP contribution in [0.2, 0.25) is 0 Å². The van der Waals surface area contributed by atoms with Gasteiger partial charge in [0.15, 0.2) is 5.72 Å². The Balaban J connectivity index is 1.29. The number of ether oxygens (including phenoxy) is 1. The largest absolute Gasteiger partial charge is 0.481 e. The molecule has 1 saturated carbocycles. The van der Waals surface area contributed by atoms with Gasteiger partial charge in [-0.2, -0.15) is 0 Å². The van der Waals surface area contributed by atoms with Crippen molar-refractivity contribution in [1.82, 2.24) is 15.2 Å². The molecule has 0 bridgehead atoms. The number of carbonyl (C=O) groups is 2. The summed E-state index contributed by atoms with van der Waals surface area (Å²) in [6, 6.07) is 13.7. The molecular formula is C26H29N3O4S. The summed E-state index contributed by atoms with van der Waals surface area (Å²) in [6.45, 7) is 0.272. The maximum Gasteiger partial charge on any atom is 0.304 e. The van der Waals surface area contributed by atoms with Crippen LogP contribution in [0.4, 0.5) is 0 Å². The third-order valence-corrected chi connectivity index (χ3v) is 8.23. The van der Waals surface area contributed by atoms with E-state index in [1.165, 1.54) is 17.8 Å². The number of carbonyl (C=O) groups excluding carboxylic acids is 1. The van der Waals surface area contributed by atoms with Crippen LogP contribution in [-0.4, -0.2) is 46.7 Å². The van der Waals surface area contributed by atoms with Gasteiger partial charge in [0.05, 0.1) is 28.6 Å². The summed E-state index contributed by atoms with van der Waals surface area (Å²) in [4.78, 5) is 31.7. The third kappa shape index (κ3) is 4.16. The lowest BCUT2D eigenvalue weighted by Crippen LogP contribution is -2.54. The Morgan fingerprint density at radius 3 is 2.44 bits per heavy atom. The first-order chi connectivity index (χ1) is 16.3. The minimum absolute atomic E-state index is 0.193. The molecule has 3 aromatic rings. The predicted octanol–water partition coefficient (Wildman–Crippen LogP) is 3.99. The SMILES string of the molecule is CN(C)C1(Oc2ccc3nc(CNC(=O)C4(CC(=O)O)Cc5ccccc5C4)sc3c2)CCC1. The second kappa shape index (κ2) is 8.67. The number of thiazole rings is 1. The average molecular weight is 480 g/mol. The predicted molar refractivity (Wildman–Crippen MR) is 131 cm³/mol. The molecule has 178 valence electrons. The lowest BCUT2D eigenvalue weighted by atomic mass is 9.80. The van der Waals surface area contributed by atoms with Gasteiger partial charge >= 0.3 is 5.97 Å². The van der Waals surface area contributed by atoms with Gasteiger partial charge in [0.2, 0.25) is 5.91 Å². The highest BCUT2D eigenvalue weighted by Crippen LogP contribution is 2.41. The van der Waals surface area contributed by atoms with Crippen LogP contribution in [0.5, 0.6) is 5.75 Å². The summed E-state index contributed by atoms with van der Waals surface area (Å²) >= 11 is 1.52. The van der Waals surface area contributed by atoms with E-state index in [0.717, 1.165) is 44.9 Å². The van der Waals surface area contributed by atoms with Crippen molar-refractivity contribution in [1.29, 1.82) is 0 Å². The first kappa shape index (κ1) is 22.8. The number of hydrogen-bond donors (Lipinski definition) is 2. The maximum absolute atomic E-state index is 13.3. The van der Waals surface area contributed by atoms with Crippen molar-refractivity contribution in [2.45, 2.75) is 50.8 Å². The fourth-order valence-electron chi connectivity index (χ4n) is 5.12. The van der Waals surface area contributed by atoms with Crippen molar-refractivity contribution >= 4 is 33.4 Å². The number of carboxylic acids is 1. The number of hydrogen-bond acceptors (Lipinski definition) is 6. The van der Waals surface area contributed by atoms with E-state index in [1.54, 1.807) is 0 Å². The second-order valence-electron chi connectivity index (χ2n) is 9.69. The Labute approximate surface area is 202 Å². The summed E-state index contributed by atoms with van der Waals surface area (Å²) in [5.41, 5.74) is 1.77. The molecule has 0 saturated heterocycles. The van der Waals surface area contributed by atoms with Crippen LogP contribution in [0.25, 0.3) is 10.2 Å². The molecule has 7 nitrogen and oxygen atoms in total. The highest BCUT2D eigenvalue weighted by atomic mass is 32.1. The molecule has 2 aliphatic rings. The van der Waals surface area contributed by atoms with E-state index < -0.39 is 11.4 Å². The summed E-state index contributed by atoms with van der Waals surface area (Å²) in [6.07, 6.45) is 3.88. The van der Waals surface area contributed by atoms with Gasteiger partial charge in [0.25, 0.3) is 0 Å². The van der Waals surface area contributed by atoms with Gasteiger partial charge < -0.3 is 15.2 Å². The lowest BCUT2D eigenvalue weighted by molar-refractivity contribution is -0.145. The van der Waals surface area contributed by atoms with E-state index >= 15 is 0 Å². The van der Waals surface area contributed by atoms with Crippen LogP contribution < -0.4 is 10.1 Å². The van der Waals surface area contributed by atoms with Crippen LogP contribution in [0, 0.1) is 5.41 Å². The molecule has 5 rings (SSSR count). The summed E-state index contributed by atoms with van der Waals surface area (Å²) in [5.74, 6) is -0.367. The third-order valence-electron chi connectivity index (χ3n) is 7.21. The molecule has 0 aliphatic heterocycles. The molecule has 0 spiro atoms. The quantitative estimate of drug-likeness (QED) is 0.475. The van der Waals surface area contributed by atoms with E-state index in [-0.39, 0.29) is 24.6 Å². The minimum atomic E-state index is -0.962. The van der Waals surface area contributed by atoms with Crippen molar-refractivity contribution < 1.29 is 19.4 Å². The molecule has 2 N–H and O–H groups in total. The van der Waals surface area contributed by atoms with Gasteiger partial charge in [-0.05, 0) is 62.7 Å². The standard InChI is InChI=1S/C26H29N3O4S/c1-29(2)26(10-5-11-26)33-19-8-9-20-21(12-19)34-22(28-20)16-27-24(32)25(15-23(30)31)13-17-6-3-4-7-18(17)14-25/h3-4,6-9,12H,5,10-11,13-16H2,1-2H3,(H,27,32)(H,30,31). The second-order valence-corrected chi connectivity index (χ2v) is 10.8. The Hall–Kier alpha value is -2.97. The summed E-state index contributed by atoms with van der Waals surface area (Å²) in [5, 5.41) is 13.3. The molecule has 0 radical (unpaired) electrons. The number of amides is 1. The highest BCUT2D eigenvalue weighted by Gasteiger charge is 2.45. The number of carboxylic acid groups (broad SMARTS) is 1. The van der Waals surface area contributed by atoms with E-state index in [4.69, 9.17) is 4.74 Å². The molecule has 1 aromatic heterocycles. The number of fused-ring (bicyclic) bond motifs is 2. The van der Waals surface area contributed by atoms with Crippen LogP contribution in [0.15, 0.2) is 42.5 Å². The number of aliphatic carboxylic acids is 1. The van der Waals surface area contributed by atoms with Crippen molar-refractivity contribution in [3.05, 3.63) is 58.6 Å². The van der Waals surface area contributed by atoms with Gasteiger partial charge in [0.1, 0.15) is 10.8 Å². The van der Waals surface area contributed by atoms with Crippen molar-refractivity contribution in [3.63, 3.8) is 0 Å². The van der Waals surface area contributed by atoms with Gasteiger partial charge in [-0.25, -0.2) is 4.98 Å². The first-order valence-electron chi connectivity index (χ1n) is 11.6. The van der Waals surface area contributed by atoms with Crippen LogP contribution in [-0.2, 0) is 29.0 Å². The van der Waals surface area contributed by atoms with Gasteiger partial charge in [-0.1, -0.05) is 24.3 Å². The zero-order valence-electron chi connectivity index (χ0n) is 19.5. The molecule has 8 heteroatoms. The van der Waals surface area contributed by atoms with E-state index in [0.29, 0.717) is 12.8 Å². The number of nitrogens with zero attached hydrogens (tertiary/aromatic N) is 2. The van der Waals surface area contributed by atoms with Crippen LogP contribution >= 0.6 is 11.3 Å². The Morgan fingerprint density at radius 1 is 1.15 bits per heavy atom. The Kier molecular flexibility index (Phi) is 5.81. The number of benzene rings is 2. The van der Waals surface area contributed by atoms with Crippen molar-refractivity contribution in [2.75, 3.05) is 14.1 Å². The molecule has 1 heterocycles. The van der Waals surface area contributed by atoms with Gasteiger partial charge in [-0.15, -0.1) is 11.3 Å². The lowest BCUT2D eigenvalue weighted by Gasteiger charge is -2.46. The van der Waals surface area contributed by atoms with Gasteiger partial charge in [0, 0.05) is 12.8 Å². The summed E-state index contributed by atoms with van der Waals surface area (Å²) < 4.78 is 7.35. The first-order valence-corrected chi connectivity index (χ1v) is 12.4. The van der Waals surface area contributed by atoms with Crippen LogP contribution in [0.3, 0.4) is 0 Å². The zero-order chi connectivity index (χ0) is 23.9.